The van der Waals surface area contributed by atoms with Crippen molar-refractivity contribution in [3.05, 3.63) is 42.5 Å². The van der Waals surface area contributed by atoms with Crippen molar-refractivity contribution in [3.63, 3.8) is 0 Å². The number of carbonyl (C=O) groups is 1. The first kappa shape index (κ1) is 12.1. The first-order chi connectivity index (χ1) is 8.65. The average Bonchev–Trinajstić information content (AvgIpc) is 2.76. The number of amides is 1. The minimum Gasteiger partial charge on any atom is -0.480 e. The number of nitrogens with one attached hydrogen (secondary N) is 1. The number of aromatic nitrogens is 2. The third-order valence-corrected chi connectivity index (χ3v) is 2.20. The molecule has 2 rings (SSSR count). The number of rotatable bonds is 4. The van der Waals surface area contributed by atoms with Gasteiger partial charge in [0, 0.05) is 7.05 Å². The van der Waals surface area contributed by atoms with Gasteiger partial charge in [0.05, 0.1) is 18.1 Å². The Bertz CT molecular complexity index is 554. The normalized spacial score (nSPS) is 10.1. The van der Waals surface area contributed by atoms with E-state index >= 15 is 0 Å². The topological polar surface area (TPSA) is 56.1 Å². The summed E-state index contributed by atoms with van der Waals surface area (Å²) in [6.07, 6.45) is 3.13. The SMILES string of the molecule is Cn1cc(OCC(=O)Nc2ccccc2F)cn1. The van der Waals surface area contributed by atoms with Crippen LogP contribution in [-0.2, 0) is 11.8 Å². The first-order valence-electron chi connectivity index (χ1n) is 5.31. The second-order valence-electron chi connectivity index (χ2n) is 3.67. The van der Waals surface area contributed by atoms with Crippen molar-refractivity contribution < 1.29 is 13.9 Å². The first-order valence-corrected chi connectivity index (χ1v) is 5.31. The van der Waals surface area contributed by atoms with Gasteiger partial charge in [0.25, 0.3) is 5.91 Å². The van der Waals surface area contributed by atoms with Gasteiger partial charge in [-0.15, -0.1) is 0 Å². The molecule has 0 fully saturated rings. The Morgan fingerprint density at radius 1 is 1.50 bits per heavy atom. The molecule has 0 bridgehead atoms. The lowest BCUT2D eigenvalue weighted by Crippen LogP contribution is -2.20. The molecule has 2 aromatic rings. The van der Waals surface area contributed by atoms with Crippen LogP contribution in [0, 0.1) is 5.82 Å². The molecule has 18 heavy (non-hydrogen) atoms. The third-order valence-electron chi connectivity index (χ3n) is 2.20. The molecule has 1 aromatic heterocycles. The Balaban J connectivity index is 1.88. The smallest absolute Gasteiger partial charge is 0.262 e. The van der Waals surface area contributed by atoms with Crippen molar-refractivity contribution in [1.29, 1.82) is 0 Å². The van der Waals surface area contributed by atoms with Crippen LogP contribution in [0.15, 0.2) is 36.7 Å². The maximum absolute atomic E-state index is 13.2. The van der Waals surface area contributed by atoms with Crippen LogP contribution >= 0.6 is 0 Å². The highest BCUT2D eigenvalue weighted by atomic mass is 19.1. The Kier molecular flexibility index (Phi) is 3.57. The zero-order valence-electron chi connectivity index (χ0n) is 9.76. The monoisotopic (exact) mass is 249 g/mol. The minimum absolute atomic E-state index is 0.136. The molecule has 1 heterocycles. The summed E-state index contributed by atoms with van der Waals surface area (Å²) < 4.78 is 20.0. The van der Waals surface area contributed by atoms with Gasteiger partial charge in [0.15, 0.2) is 12.4 Å². The quantitative estimate of drug-likeness (QED) is 0.895. The summed E-state index contributed by atoms with van der Waals surface area (Å²) in [7, 11) is 1.74. The second-order valence-corrected chi connectivity index (χ2v) is 3.67. The van der Waals surface area contributed by atoms with Crippen LogP contribution in [-0.4, -0.2) is 22.3 Å². The molecule has 0 atom stereocenters. The van der Waals surface area contributed by atoms with E-state index in [2.05, 4.69) is 10.4 Å². The molecule has 1 amide bonds. The number of anilines is 1. The van der Waals surface area contributed by atoms with E-state index < -0.39 is 11.7 Å². The lowest BCUT2D eigenvalue weighted by Gasteiger charge is -2.06. The second kappa shape index (κ2) is 5.31. The van der Waals surface area contributed by atoms with Crippen molar-refractivity contribution in [1.82, 2.24) is 9.78 Å². The summed E-state index contributed by atoms with van der Waals surface area (Å²) in [5.74, 6) is -0.419. The maximum Gasteiger partial charge on any atom is 0.262 e. The molecule has 0 saturated heterocycles. The van der Waals surface area contributed by atoms with E-state index in [0.29, 0.717) is 5.75 Å². The summed E-state index contributed by atoms with van der Waals surface area (Å²) in [5.41, 5.74) is 0.136. The van der Waals surface area contributed by atoms with Crippen molar-refractivity contribution in [2.45, 2.75) is 0 Å². The van der Waals surface area contributed by atoms with Crippen molar-refractivity contribution in [2.24, 2.45) is 7.05 Å². The zero-order valence-corrected chi connectivity index (χ0v) is 9.76. The molecule has 0 aliphatic rings. The number of hydrogen-bond acceptors (Lipinski definition) is 3. The highest BCUT2D eigenvalue weighted by Crippen LogP contribution is 2.12. The Morgan fingerprint density at radius 3 is 2.94 bits per heavy atom. The fourth-order valence-corrected chi connectivity index (χ4v) is 1.37. The fraction of sp³-hybridized carbons (Fsp3) is 0.167. The number of para-hydroxylation sites is 1. The van der Waals surface area contributed by atoms with Gasteiger partial charge in [-0.05, 0) is 12.1 Å². The van der Waals surface area contributed by atoms with Crippen molar-refractivity contribution in [2.75, 3.05) is 11.9 Å². The predicted molar refractivity (Wildman–Crippen MR) is 63.7 cm³/mol. The van der Waals surface area contributed by atoms with Gasteiger partial charge >= 0.3 is 0 Å². The van der Waals surface area contributed by atoms with Crippen LogP contribution in [0.3, 0.4) is 0 Å². The summed E-state index contributed by atoms with van der Waals surface area (Å²) >= 11 is 0. The lowest BCUT2D eigenvalue weighted by atomic mass is 10.3. The van der Waals surface area contributed by atoms with E-state index in [-0.39, 0.29) is 12.3 Å². The minimum atomic E-state index is -0.479. The molecule has 6 heteroatoms. The number of carbonyl (C=O) groups excluding carboxylic acids is 1. The molecule has 94 valence electrons. The number of nitrogens with zero attached hydrogens (tertiary/aromatic N) is 2. The molecule has 0 aliphatic carbocycles. The van der Waals surface area contributed by atoms with Crippen molar-refractivity contribution >= 4 is 11.6 Å². The van der Waals surface area contributed by atoms with Gasteiger partial charge < -0.3 is 10.1 Å². The summed E-state index contributed by atoms with van der Waals surface area (Å²) in [5, 5.41) is 6.31. The molecule has 1 N–H and O–H groups in total. The predicted octanol–water partition coefficient (Wildman–Crippen LogP) is 1.58. The van der Waals surface area contributed by atoms with Crippen LogP contribution in [0.1, 0.15) is 0 Å². The molecular formula is C12H12FN3O2. The summed E-state index contributed by atoms with van der Waals surface area (Å²) in [6, 6.07) is 5.95. The molecule has 0 aliphatic heterocycles. The Morgan fingerprint density at radius 2 is 2.28 bits per heavy atom. The van der Waals surface area contributed by atoms with Gasteiger partial charge in [0.2, 0.25) is 0 Å². The Hall–Kier alpha value is -2.37. The molecule has 5 nitrogen and oxygen atoms in total. The third kappa shape index (κ3) is 3.07. The molecule has 0 spiro atoms. The van der Waals surface area contributed by atoms with Crippen LogP contribution < -0.4 is 10.1 Å². The van der Waals surface area contributed by atoms with Gasteiger partial charge in [0.1, 0.15) is 5.82 Å². The van der Waals surface area contributed by atoms with E-state index in [9.17, 15) is 9.18 Å². The molecule has 0 radical (unpaired) electrons. The number of aryl methyl sites for hydroxylation is 1. The standard InChI is InChI=1S/C12H12FN3O2/c1-16-7-9(6-14-16)18-8-12(17)15-11-5-3-2-4-10(11)13/h2-7H,8H2,1H3,(H,15,17). The lowest BCUT2D eigenvalue weighted by molar-refractivity contribution is -0.118. The van der Waals surface area contributed by atoms with Crippen LogP contribution in [0.4, 0.5) is 10.1 Å². The number of benzene rings is 1. The number of hydrogen-bond donors (Lipinski definition) is 1. The van der Waals surface area contributed by atoms with E-state index in [4.69, 9.17) is 4.74 Å². The molecule has 0 unspecified atom stereocenters. The van der Waals surface area contributed by atoms with Crippen molar-refractivity contribution in [3.8, 4) is 5.75 Å². The van der Waals surface area contributed by atoms with Gasteiger partial charge in [-0.3, -0.25) is 9.48 Å². The van der Waals surface area contributed by atoms with E-state index in [1.54, 1.807) is 30.1 Å². The van der Waals surface area contributed by atoms with Gasteiger partial charge in [-0.1, -0.05) is 12.1 Å². The Labute approximate surface area is 103 Å². The summed E-state index contributed by atoms with van der Waals surface area (Å²) in [6.45, 7) is -0.194. The van der Waals surface area contributed by atoms with E-state index in [0.717, 1.165) is 0 Å². The molecule has 1 aromatic carbocycles. The molecular weight excluding hydrogens is 237 g/mol. The van der Waals surface area contributed by atoms with Crippen LogP contribution in [0.5, 0.6) is 5.75 Å². The highest BCUT2D eigenvalue weighted by molar-refractivity contribution is 5.91. The van der Waals surface area contributed by atoms with Crippen LogP contribution in [0.25, 0.3) is 0 Å². The average molecular weight is 249 g/mol. The fourth-order valence-electron chi connectivity index (χ4n) is 1.37. The largest absolute Gasteiger partial charge is 0.480 e. The number of halogens is 1. The van der Waals surface area contributed by atoms with Gasteiger partial charge in [-0.25, -0.2) is 4.39 Å². The zero-order chi connectivity index (χ0) is 13.0. The number of ether oxygens (including phenoxy) is 1. The van der Waals surface area contributed by atoms with Crippen LogP contribution in [0.2, 0.25) is 0 Å². The van der Waals surface area contributed by atoms with Gasteiger partial charge in [-0.2, -0.15) is 5.10 Å². The van der Waals surface area contributed by atoms with E-state index in [1.807, 2.05) is 0 Å². The molecule has 0 saturated carbocycles. The maximum atomic E-state index is 13.2. The highest BCUT2D eigenvalue weighted by Gasteiger charge is 2.07. The summed E-state index contributed by atoms with van der Waals surface area (Å²) in [4.78, 5) is 11.5. The van der Waals surface area contributed by atoms with E-state index in [1.165, 1.54) is 18.3 Å².